The first-order valence-electron chi connectivity index (χ1n) is 8.47. The lowest BCUT2D eigenvalue weighted by molar-refractivity contribution is 0.0600. The largest absolute Gasteiger partial charge is 0.465 e. The third-order valence-corrected chi connectivity index (χ3v) is 7.46. The van der Waals surface area contributed by atoms with E-state index in [1.54, 1.807) is 13.8 Å². The molecule has 0 aliphatic rings. The Labute approximate surface area is 165 Å². The van der Waals surface area contributed by atoms with E-state index in [1.807, 2.05) is 0 Å². The summed E-state index contributed by atoms with van der Waals surface area (Å²) >= 11 is 0. The Morgan fingerprint density at radius 2 is 1.57 bits per heavy atom. The van der Waals surface area contributed by atoms with E-state index in [0.717, 1.165) is 0 Å². The third kappa shape index (κ3) is 4.70. The minimum atomic E-state index is -3.97. The van der Waals surface area contributed by atoms with Crippen molar-refractivity contribution in [2.24, 2.45) is 0 Å². The van der Waals surface area contributed by atoms with Crippen LogP contribution in [0.1, 0.15) is 24.2 Å². The molecular formula is C18H22N2O6S2. The summed E-state index contributed by atoms with van der Waals surface area (Å²) in [7, 11) is -6.39. The Hall–Kier alpha value is -2.43. The molecule has 2 aromatic rings. The molecule has 152 valence electrons. The van der Waals surface area contributed by atoms with Gasteiger partial charge in [0.05, 0.1) is 22.5 Å². The van der Waals surface area contributed by atoms with Gasteiger partial charge in [-0.2, -0.15) is 4.31 Å². The van der Waals surface area contributed by atoms with E-state index in [4.69, 9.17) is 0 Å². The molecule has 0 aromatic heterocycles. The highest BCUT2D eigenvalue weighted by Gasteiger charge is 2.22. The molecule has 0 radical (unpaired) electrons. The molecular weight excluding hydrogens is 404 g/mol. The zero-order chi connectivity index (χ0) is 20.9. The summed E-state index contributed by atoms with van der Waals surface area (Å²) in [6, 6.07) is 10.8. The number of nitrogens with zero attached hydrogens (tertiary/aromatic N) is 1. The lowest BCUT2D eigenvalue weighted by Crippen LogP contribution is -2.30. The van der Waals surface area contributed by atoms with Crippen LogP contribution < -0.4 is 4.72 Å². The number of esters is 1. The number of carbonyl (C=O) groups is 1. The molecule has 0 spiro atoms. The maximum atomic E-state index is 12.6. The summed E-state index contributed by atoms with van der Waals surface area (Å²) in [5.41, 5.74) is 0.299. The summed E-state index contributed by atoms with van der Waals surface area (Å²) in [4.78, 5) is 11.5. The molecule has 2 rings (SSSR count). The Morgan fingerprint density at radius 3 is 2.11 bits per heavy atom. The highest BCUT2D eigenvalue weighted by atomic mass is 32.2. The summed E-state index contributed by atoms with van der Waals surface area (Å²) in [5.74, 6) is -0.650. The fraction of sp³-hybridized carbons (Fsp3) is 0.278. The molecule has 0 atom stereocenters. The van der Waals surface area contributed by atoms with Gasteiger partial charge in [-0.15, -0.1) is 0 Å². The van der Waals surface area contributed by atoms with E-state index < -0.39 is 26.0 Å². The van der Waals surface area contributed by atoms with Crippen LogP contribution in [0.3, 0.4) is 0 Å². The van der Waals surface area contributed by atoms with Crippen molar-refractivity contribution in [2.75, 3.05) is 24.9 Å². The lowest BCUT2D eigenvalue weighted by atomic mass is 10.2. The minimum absolute atomic E-state index is 0.0758. The second-order valence-corrected chi connectivity index (χ2v) is 9.36. The first-order valence-corrected chi connectivity index (χ1v) is 11.4. The highest BCUT2D eigenvalue weighted by Crippen LogP contribution is 2.21. The number of rotatable bonds is 8. The molecule has 10 heteroatoms. The summed E-state index contributed by atoms with van der Waals surface area (Å²) in [6.07, 6.45) is 0. The van der Waals surface area contributed by atoms with Crippen molar-refractivity contribution >= 4 is 31.7 Å². The van der Waals surface area contributed by atoms with Crippen LogP contribution in [-0.2, 0) is 24.8 Å². The number of hydrogen-bond acceptors (Lipinski definition) is 6. The molecule has 1 N–H and O–H groups in total. The average molecular weight is 427 g/mol. The van der Waals surface area contributed by atoms with Crippen molar-refractivity contribution in [1.29, 1.82) is 0 Å². The Balaban J connectivity index is 2.27. The van der Waals surface area contributed by atoms with Crippen molar-refractivity contribution in [1.82, 2.24) is 4.31 Å². The van der Waals surface area contributed by atoms with Gasteiger partial charge in [-0.1, -0.05) is 19.9 Å². The van der Waals surface area contributed by atoms with Crippen molar-refractivity contribution in [3.8, 4) is 0 Å². The van der Waals surface area contributed by atoms with Crippen LogP contribution in [0.5, 0.6) is 0 Å². The molecule has 0 fully saturated rings. The Bertz CT molecular complexity index is 1040. The van der Waals surface area contributed by atoms with E-state index in [2.05, 4.69) is 9.46 Å². The Morgan fingerprint density at radius 1 is 0.964 bits per heavy atom. The first kappa shape index (κ1) is 21.9. The normalized spacial score (nSPS) is 12.0. The molecule has 0 bridgehead atoms. The van der Waals surface area contributed by atoms with Crippen LogP contribution in [-0.4, -0.2) is 47.3 Å². The molecule has 0 saturated carbocycles. The molecule has 0 aliphatic heterocycles. The number of ether oxygens (including phenoxy) is 1. The van der Waals surface area contributed by atoms with Gasteiger partial charge < -0.3 is 4.74 Å². The molecule has 2 aromatic carbocycles. The van der Waals surface area contributed by atoms with Crippen LogP contribution in [0.4, 0.5) is 5.69 Å². The van der Waals surface area contributed by atoms with Crippen LogP contribution in [0.25, 0.3) is 0 Å². The number of anilines is 1. The number of hydrogen-bond donors (Lipinski definition) is 1. The second kappa shape index (κ2) is 8.72. The fourth-order valence-corrected chi connectivity index (χ4v) is 5.09. The van der Waals surface area contributed by atoms with Gasteiger partial charge in [-0.05, 0) is 42.5 Å². The monoisotopic (exact) mass is 426 g/mol. The van der Waals surface area contributed by atoms with Crippen LogP contribution >= 0.6 is 0 Å². The molecule has 28 heavy (non-hydrogen) atoms. The topological polar surface area (TPSA) is 110 Å². The summed E-state index contributed by atoms with van der Waals surface area (Å²) in [5, 5.41) is 0. The zero-order valence-electron chi connectivity index (χ0n) is 15.7. The molecule has 0 heterocycles. The SMILES string of the molecule is CCN(CC)S(=O)(=O)c1ccc(NS(=O)(=O)c2cccc(C(=O)OC)c2)cc1. The van der Waals surface area contributed by atoms with Gasteiger partial charge in [0.15, 0.2) is 0 Å². The molecule has 0 aliphatic carbocycles. The first-order chi connectivity index (χ1) is 13.2. The van der Waals surface area contributed by atoms with E-state index in [-0.39, 0.29) is 21.0 Å². The standard InChI is InChI=1S/C18H22N2O6S2/c1-4-20(5-2)28(24,25)16-11-9-15(10-12-16)19-27(22,23)17-8-6-7-14(13-17)18(21)26-3/h6-13,19H,4-5H2,1-3H3. The van der Waals surface area contributed by atoms with Gasteiger partial charge >= 0.3 is 5.97 Å². The van der Waals surface area contributed by atoms with Gasteiger partial charge in [0, 0.05) is 18.8 Å². The fourth-order valence-electron chi connectivity index (χ4n) is 2.53. The Kier molecular flexibility index (Phi) is 6.81. The second-order valence-electron chi connectivity index (χ2n) is 5.74. The van der Waals surface area contributed by atoms with E-state index in [1.165, 1.54) is 59.9 Å². The van der Waals surface area contributed by atoms with E-state index >= 15 is 0 Å². The van der Waals surface area contributed by atoms with Gasteiger partial charge in [-0.25, -0.2) is 21.6 Å². The molecule has 0 amide bonds. The quantitative estimate of drug-likeness (QED) is 0.649. The van der Waals surface area contributed by atoms with Gasteiger partial charge in [0.1, 0.15) is 0 Å². The summed E-state index contributed by atoms with van der Waals surface area (Å²) in [6.45, 7) is 4.16. The van der Waals surface area contributed by atoms with Crippen molar-refractivity contribution in [3.05, 3.63) is 54.1 Å². The number of methoxy groups -OCH3 is 1. The van der Waals surface area contributed by atoms with Crippen molar-refractivity contribution < 1.29 is 26.4 Å². The zero-order valence-corrected chi connectivity index (χ0v) is 17.4. The maximum Gasteiger partial charge on any atom is 0.337 e. The van der Waals surface area contributed by atoms with E-state index in [0.29, 0.717) is 13.1 Å². The molecule has 0 unspecified atom stereocenters. The third-order valence-electron chi connectivity index (χ3n) is 4.02. The average Bonchev–Trinajstić information content (AvgIpc) is 2.68. The molecule has 8 nitrogen and oxygen atoms in total. The maximum absolute atomic E-state index is 12.6. The van der Waals surface area contributed by atoms with Gasteiger partial charge in [0.2, 0.25) is 10.0 Å². The van der Waals surface area contributed by atoms with Crippen molar-refractivity contribution in [3.63, 3.8) is 0 Å². The van der Waals surface area contributed by atoms with Gasteiger partial charge in [0.25, 0.3) is 10.0 Å². The number of sulfonamides is 2. The minimum Gasteiger partial charge on any atom is -0.465 e. The van der Waals surface area contributed by atoms with Crippen molar-refractivity contribution in [2.45, 2.75) is 23.6 Å². The number of benzene rings is 2. The van der Waals surface area contributed by atoms with Crippen LogP contribution in [0.15, 0.2) is 58.3 Å². The van der Waals surface area contributed by atoms with Crippen LogP contribution in [0.2, 0.25) is 0 Å². The van der Waals surface area contributed by atoms with Crippen LogP contribution in [0, 0.1) is 0 Å². The summed E-state index contributed by atoms with van der Waals surface area (Å²) < 4.78 is 58.4. The smallest absolute Gasteiger partial charge is 0.337 e. The predicted octanol–water partition coefficient (Wildman–Crippen LogP) is 2.30. The highest BCUT2D eigenvalue weighted by molar-refractivity contribution is 7.92. The molecule has 0 saturated heterocycles. The number of nitrogens with one attached hydrogen (secondary N) is 1. The van der Waals surface area contributed by atoms with Gasteiger partial charge in [-0.3, -0.25) is 4.72 Å². The van der Waals surface area contributed by atoms with E-state index in [9.17, 15) is 21.6 Å². The number of carbonyl (C=O) groups excluding carboxylic acids is 1. The lowest BCUT2D eigenvalue weighted by Gasteiger charge is -2.18. The predicted molar refractivity (Wildman–Crippen MR) is 105 cm³/mol.